The van der Waals surface area contributed by atoms with Gasteiger partial charge in [0.15, 0.2) is 0 Å². The summed E-state index contributed by atoms with van der Waals surface area (Å²) in [4.78, 5) is 0. The summed E-state index contributed by atoms with van der Waals surface area (Å²) in [5, 5.41) is 4.17. The van der Waals surface area contributed by atoms with E-state index >= 15 is 0 Å². The van der Waals surface area contributed by atoms with Crippen molar-refractivity contribution in [2.75, 3.05) is 5.32 Å². The van der Waals surface area contributed by atoms with Crippen LogP contribution >= 0.6 is 11.6 Å². The lowest BCUT2D eigenvalue weighted by atomic mass is 9.82. The van der Waals surface area contributed by atoms with E-state index < -0.39 is 0 Å². The van der Waals surface area contributed by atoms with Crippen molar-refractivity contribution in [2.45, 2.75) is 45.8 Å². The van der Waals surface area contributed by atoms with Crippen molar-refractivity contribution in [3.8, 4) is 5.75 Å². The molecule has 1 N–H and O–H groups in total. The highest BCUT2D eigenvalue weighted by Gasteiger charge is 2.24. The smallest absolute Gasteiger partial charge is 0.138 e. The minimum absolute atomic E-state index is 0.152. The normalized spacial score (nSPS) is 23.4. The van der Waals surface area contributed by atoms with Crippen LogP contribution in [-0.2, 0) is 0 Å². The van der Waals surface area contributed by atoms with Gasteiger partial charge in [-0.15, -0.1) is 0 Å². The van der Waals surface area contributed by atoms with Crippen molar-refractivity contribution in [1.29, 1.82) is 0 Å². The highest BCUT2D eigenvalue weighted by Crippen LogP contribution is 2.32. The lowest BCUT2D eigenvalue weighted by molar-refractivity contribution is 0.242. The Labute approximate surface area is 108 Å². The number of halogens is 1. The second-order valence-corrected chi connectivity index (χ2v) is 5.64. The summed E-state index contributed by atoms with van der Waals surface area (Å²) in [6, 6.07) is 6.53. The fourth-order valence-electron chi connectivity index (χ4n) is 2.20. The van der Waals surface area contributed by atoms with E-state index in [0.717, 1.165) is 17.4 Å². The Morgan fingerprint density at radius 1 is 1.35 bits per heavy atom. The van der Waals surface area contributed by atoms with Crippen LogP contribution in [0.3, 0.4) is 0 Å². The molecule has 1 aromatic rings. The average Bonchev–Trinajstić information content (AvgIpc) is 2.19. The van der Waals surface area contributed by atoms with Gasteiger partial charge in [0.2, 0.25) is 0 Å². The molecule has 0 bridgehead atoms. The Balaban J connectivity index is 1.98. The second kappa shape index (κ2) is 5.18. The number of rotatable bonds is 4. The molecule has 1 fully saturated rings. The topological polar surface area (TPSA) is 21.3 Å². The molecule has 0 aliphatic heterocycles. The van der Waals surface area contributed by atoms with E-state index in [1.807, 2.05) is 32.0 Å². The van der Waals surface area contributed by atoms with Crippen LogP contribution in [0.15, 0.2) is 18.2 Å². The highest BCUT2D eigenvalue weighted by atomic mass is 35.5. The first-order valence-electron chi connectivity index (χ1n) is 6.27. The standard InChI is InChI=1S/C14H20ClNO/c1-9(2)17-14-5-4-11(8-13(14)15)16-12-6-10(3)7-12/h4-5,8-10,12,16H,6-7H2,1-3H3. The zero-order valence-corrected chi connectivity index (χ0v) is 11.4. The van der Waals surface area contributed by atoms with Gasteiger partial charge in [-0.25, -0.2) is 0 Å². The number of hydrogen-bond donors (Lipinski definition) is 1. The number of hydrogen-bond acceptors (Lipinski definition) is 2. The van der Waals surface area contributed by atoms with E-state index in [2.05, 4.69) is 12.2 Å². The second-order valence-electron chi connectivity index (χ2n) is 5.23. The Bertz CT molecular complexity index is 386. The van der Waals surface area contributed by atoms with E-state index in [9.17, 15) is 0 Å². The minimum Gasteiger partial charge on any atom is -0.489 e. The Kier molecular flexibility index (Phi) is 3.82. The fraction of sp³-hybridized carbons (Fsp3) is 0.571. The van der Waals surface area contributed by atoms with Crippen LogP contribution in [-0.4, -0.2) is 12.1 Å². The van der Waals surface area contributed by atoms with Gasteiger partial charge in [-0.2, -0.15) is 0 Å². The quantitative estimate of drug-likeness (QED) is 0.862. The maximum Gasteiger partial charge on any atom is 0.138 e. The average molecular weight is 254 g/mol. The van der Waals surface area contributed by atoms with Gasteiger partial charge < -0.3 is 10.1 Å². The van der Waals surface area contributed by atoms with Gasteiger partial charge in [-0.05, 0) is 50.8 Å². The van der Waals surface area contributed by atoms with Gasteiger partial charge in [0.05, 0.1) is 11.1 Å². The molecule has 1 aliphatic rings. The molecule has 94 valence electrons. The van der Waals surface area contributed by atoms with E-state index in [0.29, 0.717) is 11.1 Å². The lowest BCUT2D eigenvalue weighted by Gasteiger charge is -2.34. The van der Waals surface area contributed by atoms with E-state index in [-0.39, 0.29) is 6.10 Å². The largest absolute Gasteiger partial charge is 0.489 e. The van der Waals surface area contributed by atoms with Crippen molar-refractivity contribution >= 4 is 17.3 Å². The van der Waals surface area contributed by atoms with Crippen LogP contribution in [0, 0.1) is 5.92 Å². The molecular weight excluding hydrogens is 234 g/mol. The van der Waals surface area contributed by atoms with Crippen LogP contribution in [0.25, 0.3) is 0 Å². The van der Waals surface area contributed by atoms with Crippen molar-refractivity contribution in [1.82, 2.24) is 0 Å². The van der Waals surface area contributed by atoms with E-state index in [1.165, 1.54) is 12.8 Å². The van der Waals surface area contributed by atoms with Crippen LogP contribution in [0.1, 0.15) is 33.6 Å². The molecule has 2 rings (SSSR count). The Hall–Kier alpha value is -0.890. The molecule has 1 saturated carbocycles. The maximum absolute atomic E-state index is 6.18. The summed E-state index contributed by atoms with van der Waals surface area (Å²) >= 11 is 6.18. The van der Waals surface area contributed by atoms with Gasteiger partial charge in [-0.3, -0.25) is 0 Å². The summed E-state index contributed by atoms with van der Waals surface area (Å²) in [6.45, 7) is 6.28. The molecule has 0 saturated heterocycles. The summed E-state index contributed by atoms with van der Waals surface area (Å²) in [6.07, 6.45) is 2.66. The third kappa shape index (κ3) is 3.29. The zero-order chi connectivity index (χ0) is 12.4. The first kappa shape index (κ1) is 12.6. The van der Waals surface area contributed by atoms with Crippen molar-refractivity contribution in [3.05, 3.63) is 23.2 Å². The summed E-state index contributed by atoms with van der Waals surface area (Å²) in [7, 11) is 0. The van der Waals surface area contributed by atoms with Crippen LogP contribution < -0.4 is 10.1 Å². The van der Waals surface area contributed by atoms with Gasteiger partial charge >= 0.3 is 0 Å². The summed E-state index contributed by atoms with van der Waals surface area (Å²) in [5.74, 6) is 1.61. The maximum atomic E-state index is 6.18. The predicted molar refractivity (Wildman–Crippen MR) is 73.0 cm³/mol. The molecule has 0 amide bonds. The molecule has 2 nitrogen and oxygen atoms in total. The predicted octanol–water partition coefficient (Wildman–Crippen LogP) is 4.34. The zero-order valence-electron chi connectivity index (χ0n) is 10.7. The minimum atomic E-state index is 0.152. The highest BCUT2D eigenvalue weighted by molar-refractivity contribution is 6.32. The number of benzene rings is 1. The number of anilines is 1. The number of nitrogens with one attached hydrogen (secondary N) is 1. The first-order chi connectivity index (χ1) is 8.04. The van der Waals surface area contributed by atoms with Crippen molar-refractivity contribution in [3.63, 3.8) is 0 Å². The van der Waals surface area contributed by atoms with E-state index in [4.69, 9.17) is 16.3 Å². The third-order valence-corrected chi connectivity index (χ3v) is 3.33. The van der Waals surface area contributed by atoms with Crippen LogP contribution in [0.2, 0.25) is 5.02 Å². The van der Waals surface area contributed by atoms with Crippen LogP contribution in [0.4, 0.5) is 5.69 Å². The fourth-order valence-corrected chi connectivity index (χ4v) is 2.42. The molecule has 0 heterocycles. The Morgan fingerprint density at radius 2 is 2.06 bits per heavy atom. The van der Waals surface area contributed by atoms with Gasteiger partial charge in [0.1, 0.15) is 5.75 Å². The molecule has 0 atom stereocenters. The summed E-state index contributed by atoms with van der Waals surface area (Å²) in [5.41, 5.74) is 1.09. The Morgan fingerprint density at radius 3 is 2.59 bits per heavy atom. The van der Waals surface area contributed by atoms with Gasteiger partial charge in [-0.1, -0.05) is 18.5 Å². The molecule has 1 aromatic carbocycles. The molecule has 3 heteroatoms. The van der Waals surface area contributed by atoms with Gasteiger partial charge in [0, 0.05) is 11.7 Å². The van der Waals surface area contributed by atoms with E-state index in [1.54, 1.807) is 0 Å². The monoisotopic (exact) mass is 253 g/mol. The molecule has 1 aliphatic carbocycles. The molecule has 0 aromatic heterocycles. The third-order valence-electron chi connectivity index (χ3n) is 3.04. The lowest BCUT2D eigenvalue weighted by Crippen LogP contribution is -2.33. The molecule has 17 heavy (non-hydrogen) atoms. The molecular formula is C14H20ClNO. The molecule has 0 radical (unpaired) electrons. The molecule has 0 unspecified atom stereocenters. The van der Waals surface area contributed by atoms with Crippen molar-refractivity contribution in [2.24, 2.45) is 5.92 Å². The van der Waals surface area contributed by atoms with Crippen molar-refractivity contribution < 1.29 is 4.74 Å². The SMILES string of the molecule is CC1CC(Nc2ccc(OC(C)C)c(Cl)c2)C1. The number of ether oxygens (including phenoxy) is 1. The van der Waals surface area contributed by atoms with Gasteiger partial charge in [0.25, 0.3) is 0 Å². The summed E-state index contributed by atoms with van der Waals surface area (Å²) < 4.78 is 5.60. The van der Waals surface area contributed by atoms with Crippen LogP contribution in [0.5, 0.6) is 5.75 Å². The molecule has 0 spiro atoms. The first-order valence-corrected chi connectivity index (χ1v) is 6.65.